The van der Waals surface area contributed by atoms with Crippen LogP contribution in [0, 0.1) is 0 Å². The molecular formula is C86H61BN4O2S5. The van der Waals surface area contributed by atoms with Crippen molar-refractivity contribution < 1.29 is 10.0 Å². The predicted octanol–water partition coefficient (Wildman–Crippen LogP) is 25.2. The first-order chi connectivity index (χ1) is 48.4. The van der Waals surface area contributed by atoms with Crippen LogP contribution in [-0.2, 0) is 0 Å². The summed E-state index contributed by atoms with van der Waals surface area (Å²) in [7, 11) is -1.55. The van der Waals surface area contributed by atoms with E-state index in [2.05, 4.69) is 365 Å². The summed E-state index contributed by atoms with van der Waals surface area (Å²) in [6.45, 7) is 0. The molecule has 0 spiro atoms. The van der Waals surface area contributed by atoms with E-state index in [9.17, 15) is 10.0 Å². The molecule has 16 rings (SSSR count). The number of thiophene rings is 5. The van der Waals surface area contributed by atoms with Gasteiger partial charge in [-0.2, -0.15) is 0 Å². The molecule has 0 aliphatic heterocycles. The van der Waals surface area contributed by atoms with E-state index in [0.29, 0.717) is 4.78 Å². The minimum Gasteiger partial charge on any atom is -0.423 e. The third-order valence-electron chi connectivity index (χ3n) is 17.1. The number of hydrogen-bond donors (Lipinski definition) is 2. The zero-order valence-corrected chi connectivity index (χ0v) is 56.9. The Morgan fingerprint density at radius 3 is 0.561 bits per heavy atom. The van der Waals surface area contributed by atoms with Gasteiger partial charge >= 0.3 is 7.12 Å². The summed E-state index contributed by atoms with van der Waals surface area (Å²) in [4.78, 5) is 19.7. The summed E-state index contributed by atoms with van der Waals surface area (Å²) in [6, 6.07) is 128. The average molecular weight is 1350 g/mol. The van der Waals surface area contributed by atoms with Crippen molar-refractivity contribution in [3.8, 4) is 71.7 Å². The van der Waals surface area contributed by atoms with Crippen LogP contribution >= 0.6 is 56.7 Å². The Morgan fingerprint density at radius 2 is 0.357 bits per heavy atom. The van der Waals surface area contributed by atoms with Gasteiger partial charge in [0, 0.05) is 117 Å². The largest absolute Gasteiger partial charge is 0.499 e. The smallest absolute Gasteiger partial charge is 0.423 e. The highest BCUT2D eigenvalue weighted by atomic mass is 32.1. The minimum atomic E-state index is -1.55. The zero-order chi connectivity index (χ0) is 65.7. The molecule has 0 bridgehead atoms. The Labute approximate surface area is 591 Å². The topological polar surface area (TPSA) is 53.4 Å². The maximum Gasteiger partial charge on any atom is 0.499 e. The lowest BCUT2D eigenvalue weighted by atomic mass is 9.90. The Hall–Kier alpha value is -10.9. The van der Waals surface area contributed by atoms with E-state index < -0.39 is 7.12 Å². The first-order valence-electron chi connectivity index (χ1n) is 32.3. The van der Waals surface area contributed by atoms with Crippen molar-refractivity contribution in [2.24, 2.45) is 0 Å². The van der Waals surface area contributed by atoms with Gasteiger partial charge in [-0.25, -0.2) is 0 Å². The van der Waals surface area contributed by atoms with Crippen LogP contribution < -0.4 is 24.4 Å². The number of hydrogen-bond acceptors (Lipinski definition) is 11. The van der Waals surface area contributed by atoms with E-state index in [1.807, 2.05) is 12.1 Å². The second kappa shape index (κ2) is 28.1. The number of para-hydroxylation sites is 8. The van der Waals surface area contributed by atoms with Crippen molar-refractivity contribution in [1.82, 2.24) is 0 Å². The van der Waals surface area contributed by atoms with Crippen molar-refractivity contribution in [1.29, 1.82) is 0 Å². The fraction of sp³-hybridized carbons (Fsp3) is 0. The van der Waals surface area contributed by atoms with Gasteiger partial charge in [0.05, 0.1) is 0 Å². The summed E-state index contributed by atoms with van der Waals surface area (Å²) in [5, 5.41) is 20.6. The van der Waals surface area contributed by atoms with Gasteiger partial charge in [0.15, 0.2) is 0 Å². The molecular weight excluding hydrogens is 1290 g/mol. The van der Waals surface area contributed by atoms with Crippen molar-refractivity contribution in [2.45, 2.75) is 0 Å². The van der Waals surface area contributed by atoms with Gasteiger partial charge in [-0.15, -0.1) is 56.7 Å². The van der Waals surface area contributed by atoms with E-state index in [1.54, 1.807) is 45.3 Å². The van der Waals surface area contributed by atoms with Crippen LogP contribution in [0.1, 0.15) is 0 Å². The lowest BCUT2D eigenvalue weighted by Gasteiger charge is -2.30. The van der Waals surface area contributed by atoms with Crippen LogP contribution in [0.2, 0.25) is 0 Å². The highest BCUT2D eigenvalue weighted by molar-refractivity contribution is 7.26. The van der Waals surface area contributed by atoms with Gasteiger partial charge in [-0.05, 0) is 234 Å². The average Bonchev–Trinajstić information content (AvgIpc) is 1.82. The van der Waals surface area contributed by atoms with Gasteiger partial charge in [0.2, 0.25) is 0 Å². The molecule has 5 aromatic heterocycles. The maximum atomic E-state index is 10.3. The van der Waals surface area contributed by atoms with Crippen LogP contribution in [0.5, 0.6) is 0 Å². The molecule has 2 N–H and O–H groups in total. The van der Waals surface area contributed by atoms with E-state index in [4.69, 9.17) is 0 Å². The Balaban J connectivity index is 0.755. The Kier molecular flexibility index (Phi) is 17.7. The lowest BCUT2D eigenvalue weighted by Crippen LogP contribution is -2.26. The first kappa shape index (κ1) is 61.9. The molecule has 16 aromatic rings. The molecule has 6 nitrogen and oxygen atoms in total. The fourth-order valence-corrected chi connectivity index (χ4v) is 17.6. The van der Waals surface area contributed by atoms with Crippen LogP contribution in [-0.4, -0.2) is 17.2 Å². The quantitative estimate of drug-likeness (QED) is 0.0742. The van der Waals surface area contributed by atoms with Gasteiger partial charge < -0.3 is 29.6 Å². The van der Waals surface area contributed by atoms with Crippen LogP contribution in [0.4, 0.5) is 68.2 Å². The van der Waals surface area contributed by atoms with E-state index in [1.165, 1.54) is 30.8 Å². The summed E-state index contributed by atoms with van der Waals surface area (Å²) >= 11 is 8.59. The molecule has 470 valence electrons. The standard InChI is InChI=1S/C86H61BN4O2S5/c92-87(93)86-50-49-81(98-86)62-52-60(77-41-45-82(94-77)84-47-43-79(96-84)63-54-73(88(65-25-9-1-10-26-65)66-27-11-2-12-28-66)58-74(55-63)89(67-29-13-3-14-30-67)68-31-15-4-16-32-68)51-61(53-62)78-42-46-83(95-78)85-48-44-80(97-85)64-56-75(90(69-33-17-5-18-34-69)70-35-19-6-20-36-70)59-76(57-64)91(71-37-21-7-22-38-71)72-39-23-8-24-40-72/h1-59,92-93H. The van der Waals surface area contributed by atoms with Gasteiger partial charge in [-0.3, -0.25) is 0 Å². The Bertz CT molecular complexity index is 4670. The summed E-state index contributed by atoms with van der Waals surface area (Å²) in [5.41, 5.74) is 18.1. The third kappa shape index (κ3) is 13.1. The molecule has 0 saturated carbocycles. The number of benzene rings is 11. The second-order valence-corrected chi connectivity index (χ2v) is 29.0. The van der Waals surface area contributed by atoms with Crippen molar-refractivity contribution in [3.63, 3.8) is 0 Å². The molecule has 0 saturated heterocycles. The van der Waals surface area contributed by atoms with E-state index in [-0.39, 0.29) is 0 Å². The predicted molar refractivity (Wildman–Crippen MR) is 422 cm³/mol. The summed E-state index contributed by atoms with van der Waals surface area (Å²) in [5.74, 6) is 0. The molecule has 0 atom stereocenters. The number of anilines is 12. The second-order valence-electron chi connectivity index (χ2n) is 23.5. The molecule has 0 aliphatic carbocycles. The molecule has 0 unspecified atom stereocenters. The molecule has 0 fully saturated rings. The maximum absolute atomic E-state index is 10.3. The van der Waals surface area contributed by atoms with E-state index >= 15 is 0 Å². The fourth-order valence-electron chi connectivity index (χ4n) is 12.6. The van der Waals surface area contributed by atoms with E-state index in [0.717, 1.165) is 120 Å². The molecule has 11 aromatic carbocycles. The summed E-state index contributed by atoms with van der Waals surface area (Å²) in [6.07, 6.45) is 0. The number of nitrogens with zero attached hydrogens (tertiary/aromatic N) is 4. The molecule has 5 heterocycles. The highest BCUT2D eigenvalue weighted by Crippen LogP contribution is 2.50. The zero-order valence-electron chi connectivity index (χ0n) is 52.9. The van der Waals surface area contributed by atoms with Crippen molar-refractivity contribution in [3.05, 3.63) is 358 Å². The van der Waals surface area contributed by atoms with Crippen molar-refractivity contribution in [2.75, 3.05) is 19.6 Å². The third-order valence-corrected chi connectivity index (χ3v) is 23.2. The van der Waals surface area contributed by atoms with Gasteiger partial charge in [0.25, 0.3) is 0 Å². The molecule has 0 aliphatic rings. The van der Waals surface area contributed by atoms with Gasteiger partial charge in [0.1, 0.15) is 0 Å². The van der Waals surface area contributed by atoms with Crippen molar-refractivity contribution >= 4 is 137 Å². The summed E-state index contributed by atoms with van der Waals surface area (Å²) < 4.78 is 0.502. The SMILES string of the molecule is OB(O)c1ccc(-c2cc(-c3ccc(-c4ccc(-c5cc(N(c6ccccc6)c6ccccc6)cc(N(c6ccccc6)c6ccccc6)c5)s4)s3)cc(-c3ccc(-c4ccc(-c5cc(N(c6ccccc6)c6ccccc6)cc(N(c6ccccc6)c6ccccc6)c5)s4)s3)c2)s1. The van der Waals surface area contributed by atoms with Crippen LogP contribution in [0.3, 0.4) is 0 Å². The van der Waals surface area contributed by atoms with Gasteiger partial charge in [-0.1, -0.05) is 152 Å². The molecule has 98 heavy (non-hydrogen) atoms. The molecule has 0 radical (unpaired) electrons. The minimum absolute atomic E-state index is 0.502. The highest BCUT2D eigenvalue weighted by Gasteiger charge is 2.24. The lowest BCUT2D eigenvalue weighted by molar-refractivity contribution is 0.427. The monoisotopic (exact) mass is 1350 g/mol. The first-order valence-corrected chi connectivity index (χ1v) is 36.4. The normalized spacial score (nSPS) is 11.2. The number of rotatable bonds is 20. The van der Waals surface area contributed by atoms with Crippen LogP contribution in [0.25, 0.3) is 71.7 Å². The molecule has 12 heteroatoms. The molecule has 0 amide bonds. The van der Waals surface area contributed by atoms with Crippen LogP contribution in [0.15, 0.2) is 358 Å². The Morgan fingerprint density at radius 1 is 0.173 bits per heavy atom.